The highest BCUT2D eigenvalue weighted by atomic mass is 32.3. The molecule has 0 aliphatic carbocycles. The fourth-order valence-corrected chi connectivity index (χ4v) is 9.94. The molecule has 1 rings (SSSR count). The Kier molecular flexibility index (Phi) is 46.6. The highest BCUT2D eigenvalue weighted by Gasteiger charge is 2.48. The minimum atomic E-state index is -5.06. The molecule has 1 heterocycles. The van der Waals surface area contributed by atoms with E-state index < -0.39 is 59.8 Å². The molecular formula is C57H110O12S. The summed E-state index contributed by atoms with van der Waals surface area (Å²) in [6.45, 7) is 4.07. The van der Waals surface area contributed by atoms with Gasteiger partial charge in [0.1, 0.15) is 30.5 Å². The Morgan fingerprint density at radius 1 is 0.529 bits per heavy atom. The molecule has 0 radical (unpaired) electrons. The van der Waals surface area contributed by atoms with Gasteiger partial charge in [-0.25, -0.2) is 4.18 Å². The summed E-state index contributed by atoms with van der Waals surface area (Å²) in [4.78, 5) is 13.0. The van der Waals surface area contributed by atoms with Gasteiger partial charge in [0.05, 0.1) is 19.8 Å². The molecular weight excluding hydrogens is 909 g/mol. The van der Waals surface area contributed by atoms with Gasteiger partial charge in [-0.3, -0.25) is 9.35 Å². The van der Waals surface area contributed by atoms with Crippen LogP contribution in [0.3, 0.4) is 0 Å². The first-order chi connectivity index (χ1) is 34.1. The van der Waals surface area contributed by atoms with E-state index in [0.717, 1.165) is 38.5 Å². The van der Waals surface area contributed by atoms with Crippen molar-refractivity contribution in [2.45, 2.75) is 320 Å². The lowest BCUT2D eigenvalue weighted by Gasteiger charge is -2.41. The van der Waals surface area contributed by atoms with Crippen molar-refractivity contribution in [1.82, 2.24) is 0 Å². The van der Waals surface area contributed by atoms with Gasteiger partial charge in [0, 0.05) is 13.0 Å². The third-order valence-electron chi connectivity index (χ3n) is 13.9. The van der Waals surface area contributed by atoms with E-state index in [4.69, 9.17) is 18.9 Å². The first-order valence-corrected chi connectivity index (χ1v) is 30.8. The van der Waals surface area contributed by atoms with E-state index in [0.29, 0.717) is 13.0 Å². The van der Waals surface area contributed by atoms with E-state index >= 15 is 0 Å². The van der Waals surface area contributed by atoms with Crippen LogP contribution in [-0.2, 0) is 38.3 Å². The maximum Gasteiger partial charge on any atom is 0.397 e. The quantitative estimate of drug-likeness (QED) is 0.0196. The van der Waals surface area contributed by atoms with Gasteiger partial charge in [-0.2, -0.15) is 8.42 Å². The average Bonchev–Trinajstić information content (AvgIpc) is 3.34. The van der Waals surface area contributed by atoms with E-state index in [2.05, 4.69) is 30.2 Å². The molecule has 6 unspecified atom stereocenters. The number of hydrogen-bond acceptors (Lipinski definition) is 11. The van der Waals surface area contributed by atoms with Crippen LogP contribution in [0.25, 0.3) is 0 Å². The number of aliphatic hydroxyl groups excluding tert-OH is 3. The highest BCUT2D eigenvalue weighted by Crippen LogP contribution is 2.26. The third kappa shape index (κ3) is 41.2. The summed E-state index contributed by atoms with van der Waals surface area (Å²) in [5, 5.41) is 30.8. The molecule has 0 aromatic rings. The lowest BCUT2D eigenvalue weighted by molar-refractivity contribution is -0.301. The van der Waals surface area contributed by atoms with Crippen molar-refractivity contribution in [2.24, 2.45) is 0 Å². The molecule has 0 saturated carbocycles. The van der Waals surface area contributed by atoms with E-state index in [9.17, 15) is 33.1 Å². The monoisotopic (exact) mass is 1020 g/mol. The van der Waals surface area contributed by atoms with E-state index in [-0.39, 0.29) is 19.6 Å². The summed E-state index contributed by atoms with van der Waals surface area (Å²) >= 11 is 0. The van der Waals surface area contributed by atoms with Crippen LogP contribution in [0.5, 0.6) is 0 Å². The van der Waals surface area contributed by atoms with Crippen molar-refractivity contribution in [2.75, 3.05) is 26.4 Å². The molecule has 1 aliphatic heterocycles. The van der Waals surface area contributed by atoms with Gasteiger partial charge in [0.2, 0.25) is 0 Å². The summed E-state index contributed by atoms with van der Waals surface area (Å²) in [5.41, 5.74) is 0. The summed E-state index contributed by atoms with van der Waals surface area (Å²) in [6.07, 6.45) is 48.2. The lowest BCUT2D eigenvalue weighted by Crippen LogP contribution is -2.60. The second kappa shape index (κ2) is 48.8. The van der Waals surface area contributed by atoms with Gasteiger partial charge in [-0.05, 0) is 38.5 Å². The molecule has 0 aromatic heterocycles. The zero-order valence-electron chi connectivity index (χ0n) is 45.1. The van der Waals surface area contributed by atoms with Gasteiger partial charge in [-0.1, -0.05) is 251 Å². The maximum absolute atomic E-state index is 13.0. The molecule has 416 valence electrons. The van der Waals surface area contributed by atoms with Crippen molar-refractivity contribution in [3.63, 3.8) is 0 Å². The van der Waals surface area contributed by atoms with Crippen molar-refractivity contribution >= 4 is 16.4 Å². The summed E-state index contributed by atoms with van der Waals surface area (Å²) in [7, 11) is -5.06. The van der Waals surface area contributed by atoms with Crippen LogP contribution in [0.1, 0.15) is 284 Å². The van der Waals surface area contributed by atoms with Gasteiger partial charge >= 0.3 is 16.4 Å². The standard InChI is InChI=1S/C57H110O12S/c1-3-5-7-9-11-13-15-17-19-21-23-24-25-26-27-28-29-30-32-34-36-38-40-42-44-46-53(59)67-51(50-66-57-55(61)56(69-70(62,63)64)54(60)52(48-58)68-57)49-65-47-45-43-41-39-37-35-33-31-22-20-18-16-14-12-10-8-6-4-2/h21,23,51-52,54-58,60-61H,3-20,22,24-50H2,1-2H3,(H,62,63,64)/b23-21-. The lowest BCUT2D eigenvalue weighted by atomic mass is 9.99. The van der Waals surface area contributed by atoms with Gasteiger partial charge < -0.3 is 34.3 Å². The Hall–Kier alpha value is -1.16. The predicted molar refractivity (Wildman–Crippen MR) is 285 cm³/mol. The van der Waals surface area contributed by atoms with Crippen LogP contribution in [0.15, 0.2) is 12.2 Å². The second-order valence-electron chi connectivity index (χ2n) is 20.6. The largest absolute Gasteiger partial charge is 0.457 e. The molecule has 0 aromatic carbocycles. The van der Waals surface area contributed by atoms with Crippen LogP contribution >= 0.6 is 0 Å². The normalized spacial score (nSPS) is 19.1. The third-order valence-corrected chi connectivity index (χ3v) is 14.4. The van der Waals surface area contributed by atoms with Gasteiger partial charge in [0.15, 0.2) is 6.29 Å². The minimum Gasteiger partial charge on any atom is -0.457 e. The number of ether oxygens (including phenoxy) is 4. The Balaban J connectivity index is 2.26. The van der Waals surface area contributed by atoms with Gasteiger partial charge in [-0.15, -0.1) is 0 Å². The average molecular weight is 1020 g/mol. The van der Waals surface area contributed by atoms with E-state index in [1.54, 1.807) is 0 Å². The van der Waals surface area contributed by atoms with Crippen molar-refractivity contribution in [1.29, 1.82) is 0 Å². The Morgan fingerprint density at radius 2 is 0.900 bits per heavy atom. The van der Waals surface area contributed by atoms with E-state index in [1.807, 2.05) is 0 Å². The fraction of sp³-hybridized carbons (Fsp3) is 0.947. The van der Waals surface area contributed by atoms with Crippen molar-refractivity contribution < 1.29 is 56.2 Å². The van der Waals surface area contributed by atoms with Crippen LogP contribution in [0.2, 0.25) is 0 Å². The molecule has 12 nitrogen and oxygen atoms in total. The SMILES string of the molecule is CCCCCCCCCC/C=C\CCCCCCCCCCCCCCCC(=O)OC(COCCCCCCCCCCCCCCCCCCCC)COC1OC(CO)C(O)C(OS(=O)(=O)O)C1O. The topological polar surface area (TPSA) is 178 Å². The van der Waals surface area contributed by atoms with Gasteiger partial charge in [0.25, 0.3) is 0 Å². The van der Waals surface area contributed by atoms with Crippen LogP contribution in [-0.4, -0.2) is 97.5 Å². The number of aliphatic hydroxyl groups is 3. The number of carbonyl (C=O) groups is 1. The number of hydrogen-bond donors (Lipinski definition) is 4. The summed E-state index contributed by atoms with van der Waals surface area (Å²) in [6, 6.07) is 0. The fourth-order valence-electron chi connectivity index (χ4n) is 9.44. The molecule has 1 aliphatic rings. The number of rotatable bonds is 53. The minimum absolute atomic E-state index is 0.0432. The summed E-state index contributed by atoms with van der Waals surface area (Å²) < 4.78 is 59.4. The number of unbranched alkanes of at least 4 members (excludes halogenated alkanes) is 38. The Bertz CT molecular complexity index is 1270. The van der Waals surface area contributed by atoms with Crippen molar-refractivity contribution in [3.8, 4) is 0 Å². The van der Waals surface area contributed by atoms with Crippen LogP contribution < -0.4 is 0 Å². The van der Waals surface area contributed by atoms with Crippen LogP contribution in [0, 0.1) is 0 Å². The molecule has 6 atom stereocenters. The van der Waals surface area contributed by atoms with Crippen molar-refractivity contribution in [3.05, 3.63) is 12.2 Å². The molecule has 13 heteroatoms. The number of allylic oxidation sites excluding steroid dienone is 2. The Morgan fingerprint density at radius 3 is 1.29 bits per heavy atom. The molecule has 0 amide bonds. The first-order valence-electron chi connectivity index (χ1n) is 29.4. The first kappa shape index (κ1) is 66.9. The van der Waals surface area contributed by atoms with Crippen LogP contribution in [0.4, 0.5) is 0 Å². The summed E-state index contributed by atoms with van der Waals surface area (Å²) in [5.74, 6) is -0.391. The predicted octanol–water partition coefficient (Wildman–Crippen LogP) is 14.5. The molecule has 1 fully saturated rings. The molecule has 70 heavy (non-hydrogen) atoms. The van der Waals surface area contributed by atoms with E-state index in [1.165, 1.54) is 218 Å². The smallest absolute Gasteiger partial charge is 0.397 e. The molecule has 1 saturated heterocycles. The maximum atomic E-state index is 13.0. The zero-order valence-corrected chi connectivity index (χ0v) is 45.9. The molecule has 0 spiro atoms. The zero-order chi connectivity index (χ0) is 51.0. The number of esters is 1. The molecule has 0 bridgehead atoms. The molecule has 4 N–H and O–H groups in total. The second-order valence-corrected chi connectivity index (χ2v) is 21.6. The highest BCUT2D eigenvalue weighted by molar-refractivity contribution is 7.80. The number of carbonyl (C=O) groups excluding carboxylic acids is 1. The Labute approximate surface area is 429 Å².